The first-order valence-corrected chi connectivity index (χ1v) is 12.1. The van der Waals surface area contributed by atoms with Gasteiger partial charge >= 0.3 is 0 Å². The minimum Gasteiger partial charge on any atom is -0.497 e. The molecule has 1 saturated heterocycles. The Balaban J connectivity index is 1.39. The number of benzene rings is 3. The molecule has 0 saturated carbocycles. The summed E-state index contributed by atoms with van der Waals surface area (Å²) in [6, 6.07) is 26.0. The molecule has 0 amide bonds. The molecule has 0 unspecified atom stereocenters. The fourth-order valence-corrected chi connectivity index (χ4v) is 4.50. The van der Waals surface area contributed by atoms with Crippen LogP contribution in [0.5, 0.6) is 5.75 Å². The Morgan fingerprint density at radius 1 is 0.886 bits per heavy atom. The fraction of sp³-hybridized carbons (Fsp3) is 0.276. The van der Waals surface area contributed by atoms with Crippen LogP contribution in [-0.2, 0) is 24.4 Å². The summed E-state index contributed by atoms with van der Waals surface area (Å²) in [5.74, 6) is 0.883. The van der Waals surface area contributed by atoms with Crippen molar-refractivity contribution in [2.24, 2.45) is 0 Å². The van der Waals surface area contributed by atoms with E-state index in [1.54, 1.807) is 13.3 Å². The SMILES string of the molecule is COc1cccc(CN(Cc2ccc(-n3ccnc3)cc2)c2cccc(CN3CCOCC3)c2)c1. The van der Waals surface area contributed by atoms with E-state index in [4.69, 9.17) is 9.47 Å². The van der Waals surface area contributed by atoms with E-state index in [9.17, 15) is 0 Å². The standard InChI is InChI=1S/C29H32N4O2/c1-34-29-7-3-5-26(19-29)22-33(21-24-8-10-27(11-9-24)32-13-12-30-23-32)28-6-2-4-25(18-28)20-31-14-16-35-17-15-31/h2-13,18-19,23H,14-17,20-22H2,1H3. The molecular formula is C29H32N4O2. The summed E-state index contributed by atoms with van der Waals surface area (Å²) < 4.78 is 13.0. The highest BCUT2D eigenvalue weighted by Crippen LogP contribution is 2.24. The van der Waals surface area contributed by atoms with Gasteiger partial charge in [-0.05, 0) is 53.1 Å². The average Bonchev–Trinajstić information content (AvgIpc) is 3.45. The van der Waals surface area contributed by atoms with Crippen molar-refractivity contribution in [1.82, 2.24) is 14.5 Å². The smallest absolute Gasteiger partial charge is 0.119 e. The molecule has 1 aliphatic rings. The number of hydrogen-bond acceptors (Lipinski definition) is 5. The van der Waals surface area contributed by atoms with Crippen LogP contribution in [0.3, 0.4) is 0 Å². The topological polar surface area (TPSA) is 42.8 Å². The van der Waals surface area contributed by atoms with Crippen LogP contribution in [0, 0.1) is 0 Å². The predicted molar refractivity (Wildman–Crippen MR) is 139 cm³/mol. The molecule has 1 aromatic heterocycles. The second kappa shape index (κ2) is 11.2. The van der Waals surface area contributed by atoms with Gasteiger partial charge in [-0.1, -0.05) is 36.4 Å². The van der Waals surface area contributed by atoms with Gasteiger partial charge in [0.2, 0.25) is 0 Å². The van der Waals surface area contributed by atoms with Gasteiger partial charge in [-0.25, -0.2) is 4.98 Å². The van der Waals surface area contributed by atoms with Crippen LogP contribution in [0.25, 0.3) is 5.69 Å². The summed E-state index contributed by atoms with van der Waals surface area (Å²) in [6.45, 7) is 6.16. The van der Waals surface area contributed by atoms with E-state index in [1.807, 2.05) is 23.2 Å². The van der Waals surface area contributed by atoms with Crippen molar-refractivity contribution in [3.05, 3.63) is 108 Å². The van der Waals surface area contributed by atoms with Gasteiger partial charge in [-0.15, -0.1) is 0 Å². The van der Waals surface area contributed by atoms with Gasteiger partial charge in [0.15, 0.2) is 0 Å². The first-order chi connectivity index (χ1) is 17.3. The maximum Gasteiger partial charge on any atom is 0.119 e. The molecule has 0 N–H and O–H groups in total. The van der Waals surface area contributed by atoms with Gasteiger partial charge in [0.25, 0.3) is 0 Å². The Hall–Kier alpha value is -3.61. The first kappa shape index (κ1) is 23.1. The number of aromatic nitrogens is 2. The second-order valence-electron chi connectivity index (χ2n) is 8.90. The van der Waals surface area contributed by atoms with Gasteiger partial charge in [-0.3, -0.25) is 4.90 Å². The van der Waals surface area contributed by atoms with Gasteiger partial charge in [-0.2, -0.15) is 0 Å². The van der Waals surface area contributed by atoms with Crippen LogP contribution in [0.15, 0.2) is 91.5 Å². The Labute approximate surface area is 207 Å². The molecule has 0 radical (unpaired) electrons. The maximum absolute atomic E-state index is 5.52. The van der Waals surface area contributed by atoms with Crippen molar-refractivity contribution >= 4 is 5.69 Å². The van der Waals surface area contributed by atoms with Crippen molar-refractivity contribution in [2.75, 3.05) is 38.3 Å². The molecule has 0 atom stereocenters. The largest absolute Gasteiger partial charge is 0.497 e. The number of nitrogens with zero attached hydrogens (tertiary/aromatic N) is 4. The minimum atomic E-state index is 0.793. The molecule has 1 aliphatic heterocycles. The Morgan fingerprint density at radius 2 is 1.66 bits per heavy atom. The number of morpholine rings is 1. The number of ether oxygens (including phenoxy) is 2. The van der Waals surface area contributed by atoms with Gasteiger partial charge < -0.3 is 18.9 Å². The van der Waals surface area contributed by atoms with Gasteiger partial charge in [0.1, 0.15) is 5.75 Å². The summed E-state index contributed by atoms with van der Waals surface area (Å²) in [6.07, 6.45) is 5.59. The highest BCUT2D eigenvalue weighted by atomic mass is 16.5. The van der Waals surface area contributed by atoms with Crippen LogP contribution in [0.4, 0.5) is 5.69 Å². The molecule has 5 rings (SSSR count). The molecule has 1 fully saturated rings. The van der Waals surface area contributed by atoms with Crippen molar-refractivity contribution in [2.45, 2.75) is 19.6 Å². The number of methoxy groups -OCH3 is 1. The Morgan fingerprint density at radius 3 is 2.43 bits per heavy atom. The lowest BCUT2D eigenvalue weighted by Gasteiger charge is -2.28. The molecule has 35 heavy (non-hydrogen) atoms. The van der Waals surface area contributed by atoms with E-state index in [2.05, 4.69) is 81.5 Å². The summed E-state index contributed by atoms with van der Waals surface area (Å²) in [5.41, 5.74) is 6.14. The molecule has 6 nitrogen and oxygen atoms in total. The quantitative estimate of drug-likeness (QED) is 0.349. The zero-order valence-electron chi connectivity index (χ0n) is 20.2. The molecule has 0 spiro atoms. The highest BCUT2D eigenvalue weighted by Gasteiger charge is 2.14. The third kappa shape index (κ3) is 6.10. The summed E-state index contributed by atoms with van der Waals surface area (Å²) in [4.78, 5) is 9.05. The van der Waals surface area contributed by atoms with Crippen molar-refractivity contribution < 1.29 is 9.47 Å². The predicted octanol–water partition coefficient (Wildman–Crippen LogP) is 4.92. The Kier molecular flexibility index (Phi) is 7.41. The Bertz CT molecular complexity index is 1200. The summed E-state index contributed by atoms with van der Waals surface area (Å²) >= 11 is 0. The lowest BCUT2D eigenvalue weighted by atomic mass is 10.1. The number of imidazole rings is 1. The highest BCUT2D eigenvalue weighted by molar-refractivity contribution is 5.50. The molecule has 0 aliphatic carbocycles. The van der Waals surface area contributed by atoms with Crippen LogP contribution in [0.1, 0.15) is 16.7 Å². The molecular weight excluding hydrogens is 436 g/mol. The average molecular weight is 469 g/mol. The van der Waals surface area contributed by atoms with E-state index in [1.165, 1.54) is 22.4 Å². The van der Waals surface area contributed by atoms with E-state index in [-0.39, 0.29) is 0 Å². The van der Waals surface area contributed by atoms with Crippen LogP contribution in [0.2, 0.25) is 0 Å². The molecule has 4 aromatic rings. The zero-order valence-corrected chi connectivity index (χ0v) is 20.2. The van der Waals surface area contributed by atoms with Crippen LogP contribution < -0.4 is 9.64 Å². The van der Waals surface area contributed by atoms with E-state index in [0.717, 1.165) is 57.4 Å². The molecule has 6 heteroatoms. The minimum absolute atomic E-state index is 0.793. The zero-order chi connectivity index (χ0) is 23.9. The molecule has 180 valence electrons. The first-order valence-electron chi connectivity index (χ1n) is 12.1. The summed E-state index contributed by atoms with van der Waals surface area (Å²) in [5, 5.41) is 0. The van der Waals surface area contributed by atoms with Gasteiger partial charge in [0.05, 0.1) is 26.7 Å². The van der Waals surface area contributed by atoms with E-state index < -0.39 is 0 Å². The molecule has 3 aromatic carbocycles. The van der Waals surface area contributed by atoms with E-state index in [0.29, 0.717) is 0 Å². The van der Waals surface area contributed by atoms with E-state index >= 15 is 0 Å². The fourth-order valence-electron chi connectivity index (χ4n) is 4.50. The molecule has 2 heterocycles. The van der Waals surface area contributed by atoms with Gasteiger partial charge in [0, 0.05) is 56.5 Å². The molecule has 0 bridgehead atoms. The monoisotopic (exact) mass is 468 g/mol. The van der Waals surface area contributed by atoms with Crippen molar-refractivity contribution in [3.63, 3.8) is 0 Å². The normalized spacial score (nSPS) is 14.1. The lowest BCUT2D eigenvalue weighted by molar-refractivity contribution is 0.0342. The van der Waals surface area contributed by atoms with Crippen molar-refractivity contribution in [1.29, 1.82) is 0 Å². The number of hydrogen-bond donors (Lipinski definition) is 0. The number of rotatable bonds is 9. The van der Waals surface area contributed by atoms with Crippen LogP contribution in [-0.4, -0.2) is 47.9 Å². The van der Waals surface area contributed by atoms with Crippen molar-refractivity contribution in [3.8, 4) is 11.4 Å². The maximum atomic E-state index is 5.52. The lowest BCUT2D eigenvalue weighted by Crippen LogP contribution is -2.35. The van der Waals surface area contributed by atoms with Crippen LogP contribution >= 0.6 is 0 Å². The third-order valence-electron chi connectivity index (χ3n) is 6.41. The third-order valence-corrected chi connectivity index (χ3v) is 6.41. The second-order valence-corrected chi connectivity index (χ2v) is 8.90. The number of anilines is 1. The summed E-state index contributed by atoms with van der Waals surface area (Å²) in [7, 11) is 1.72.